The summed E-state index contributed by atoms with van der Waals surface area (Å²) in [6.07, 6.45) is -3.99. The molecule has 2 aliphatic rings. The van der Waals surface area contributed by atoms with Crippen LogP contribution in [0.15, 0.2) is 24.3 Å². The SMILES string of the molecule is N#Cc1ccc2c(c1)C[C@@H](NC(=O)c1cc3n(n1)CCC(C(F)(F)F)CO3)CO2. The number of alkyl halides is 3. The predicted molar refractivity (Wildman–Crippen MR) is 93.5 cm³/mol. The molecule has 0 radical (unpaired) electrons. The van der Waals surface area contributed by atoms with E-state index in [-0.39, 0.29) is 37.2 Å². The van der Waals surface area contributed by atoms with Crippen LogP contribution in [0.3, 0.4) is 0 Å². The first-order chi connectivity index (χ1) is 13.8. The molecule has 10 heteroatoms. The van der Waals surface area contributed by atoms with Crippen molar-refractivity contribution in [1.82, 2.24) is 15.1 Å². The average Bonchev–Trinajstić information content (AvgIpc) is 2.99. The third-order valence-electron chi connectivity index (χ3n) is 4.99. The molecule has 0 aliphatic carbocycles. The number of fused-ring (bicyclic) bond motifs is 2. The Labute approximate surface area is 164 Å². The summed E-state index contributed by atoms with van der Waals surface area (Å²) in [4.78, 5) is 12.5. The fourth-order valence-electron chi connectivity index (χ4n) is 3.41. The van der Waals surface area contributed by atoms with Gasteiger partial charge in [-0.15, -0.1) is 0 Å². The Bertz CT molecular complexity index is 955. The van der Waals surface area contributed by atoms with Gasteiger partial charge in [0.15, 0.2) is 5.69 Å². The Morgan fingerprint density at radius 2 is 2.10 bits per heavy atom. The van der Waals surface area contributed by atoms with Gasteiger partial charge in [0.05, 0.1) is 23.6 Å². The van der Waals surface area contributed by atoms with Crippen molar-refractivity contribution in [2.75, 3.05) is 13.2 Å². The number of benzene rings is 1. The molecular formula is C19H17F3N4O3. The van der Waals surface area contributed by atoms with Gasteiger partial charge in [0.1, 0.15) is 19.0 Å². The topological polar surface area (TPSA) is 89.2 Å². The van der Waals surface area contributed by atoms with Gasteiger partial charge in [0.25, 0.3) is 5.91 Å². The highest BCUT2D eigenvalue weighted by atomic mass is 19.4. The zero-order valence-electron chi connectivity index (χ0n) is 15.2. The molecule has 2 aliphatic heterocycles. The van der Waals surface area contributed by atoms with Crippen LogP contribution in [0.1, 0.15) is 28.0 Å². The molecule has 1 aromatic heterocycles. The van der Waals surface area contributed by atoms with Crippen LogP contribution in [-0.4, -0.2) is 41.1 Å². The highest BCUT2D eigenvalue weighted by molar-refractivity contribution is 5.92. The number of ether oxygens (including phenoxy) is 2. The highest BCUT2D eigenvalue weighted by Crippen LogP contribution is 2.32. The minimum atomic E-state index is -4.33. The van der Waals surface area contributed by atoms with E-state index in [1.165, 1.54) is 10.7 Å². The van der Waals surface area contributed by atoms with Crippen molar-refractivity contribution in [2.45, 2.75) is 31.6 Å². The van der Waals surface area contributed by atoms with E-state index < -0.39 is 24.6 Å². The van der Waals surface area contributed by atoms with Crippen molar-refractivity contribution in [3.05, 3.63) is 41.1 Å². The number of rotatable bonds is 2. The average molecular weight is 406 g/mol. The van der Waals surface area contributed by atoms with E-state index in [4.69, 9.17) is 14.7 Å². The Morgan fingerprint density at radius 3 is 2.86 bits per heavy atom. The summed E-state index contributed by atoms with van der Waals surface area (Å²) in [5.41, 5.74) is 1.40. The third-order valence-corrected chi connectivity index (χ3v) is 4.99. The molecule has 4 rings (SSSR count). The summed E-state index contributed by atoms with van der Waals surface area (Å²) in [5.74, 6) is -1.20. The summed E-state index contributed by atoms with van der Waals surface area (Å²) < 4.78 is 50.7. The number of carbonyl (C=O) groups excluding carboxylic acids is 1. The molecule has 0 spiro atoms. The Hall–Kier alpha value is -3.22. The zero-order valence-corrected chi connectivity index (χ0v) is 15.2. The van der Waals surface area contributed by atoms with Gasteiger partial charge in [0.2, 0.25) is 5.88 Å². The van der Waals surface area contributed by atoms with E-state index in [2.05, 4.69) is 16.5 Å². The van der Waals surface area contributed by atoms with Gasteiger partial charge < -0.3 is 14.8 Å². The lowest BCUT2D eigenvalue weighted by Crippen LogP contribution is -2.42. The van der Waals surface area contributed by atoms with Crippen LogP contribution in [-0.2, 0) is 13.0 Å². The zero-order chi connectivity index (χ0) is 20.6. The molecule has 7 nitrogen and oxygen atoms in total. The quantitative estimate of drug-likeness (QED) is 0.828. The number of nitrogens with zero attached hydrogens (tertiary/aromatic N) is 3. The van der Waals surface area contributed by atoms with Crippen molar-refractivity contribution < 1.29 is 27.4 Å². The van der Waals surface area contributed by atoms with Crippen molar-refractivity contribution in [3.63, 3.8) is 0 Å². The standard InChI is InChI=1S/C19H17F3N4O3/c20-19(21,22)13-3-4-26-17(29-9-13)7-15(25-26)18(27)24-14-6-12-5-11(8-23)1-2-16(12)28-10-14/h1-2,5,7,13-14H,3-4,6,9-10H2,(H,24,27)/t13?,14-/m1/s1. The fraction of sp³-hybridized carbons (Fsp3) is 0.421. The third kappa shape index (κ3) is 3.99. The maximum absolute atomic E-state index is 12.9. The molecule has 152 valence electrons. The summed E-state index contributed by atoms with van der Waals surface area (Å²) in [6.45, 7) is -0.212. The van der Waals surface area contributed by atoms with E-state index in [1.807, 2.05) is 0 Å². The number of amides is 1. The van der Waals surface area contributed by atoms with Crippen molar-refractivity contribution in [2.24, 2.45) is 5.92 Å². The molecule has 1 unspecified atom stereocenters. The summed E-state index contributed by atoms with van der Waals surface area (Å²) in [5, 5.41) is 15.9. The lowest BCUT2D eigenvalue weighted by atomic mass is 10.0. The molecule has 1 N–H and O–H groups in total. The van der Waals surface area contributed by atoms with Crippen LogP contribution in [0.2, 0.25) is 0 Å². The monoisotopic (exact) mass is 406 g/mol. The number of aryl methyl sites for hydroxylation is 1. The second-order valence-corrected chi connectivity index (χ2v) is 7.05. The number of nitrogens with one attached hydrogen (secondary N) is 1. The van der Waals surface area contributed by atoms with Crippen molar-refractivity contribution >= 4 is 5.91 Å². The van der Waals surface area contributed by atoms with Crippen LogP contribution in [0.4, 0.5) is 13.2 Å². The van der Waals surface area contributed by atoms with E-state index in [9.17, 15) is 18.0 Å². The van der Waals surface area contributed by atoms with Crippen molar-refractivity contribution in [1.29, 1.82) is 5.26 Å². The second-order valence-electron chi connectivity index (χ2n) is 7.05. The van der Waals surface area contributed by atoms with E-state index in [0.29, 0.717) is 17.7 Å². The van der Waals surface area contributed by atoms with Gasteiger partial charge in [-0.25, -0.2) is 4.68 Å². The fourth-order valence-corrected chi connectivity index (χ4v) is 3.41. The molecule has 1 aromatic carbocycles. The predicted octanol–water partition coefficient (Wildman–Crippen LogP) is 2.45. The molecule has 1 amide bonds. The van der Waals surface area contributed by atoms with Crippen molar-refractivity contribution in [3.8, 4) is 17.7 Å². The van der Waals surface area contributed by atoms with Gasteiger partial charge in [-0.05, 0) is 36.6 Å². The molecule has 0 bridgehead atoms. The van der Waals surface area contributed by atoms with E-state index >= 15 is 0 Å². The van der Waals surface area contributed by atoms with E-state index in [1.54, 1.807) is 18.2 Å². The summed E-state index contributed by atoms with van der Waals surface area (Å²) >= 11 is 0. The minimum Gasteiger partial charge on any atom is -0.491 e. The van der Waals surface area contributed by atoms with Gasteiger partial charge in [0, 0.05) is 12.6 Å². The minimum absolute atomic E-state index is 0.0175. The lowest BCUT2D eigenvalue weighted by molar-refractivity contribution is -0.182. The van der Waals surface area contributed by atoms with Crippen LogP contribution in [0.25, 0.3) is 0 Å². The van der Waals surface area contributed by atoms with Gasteiger partial charge in [-0.2, -0.15) is 23.5 Å². The summed E-state index contributed by atoms with van der Waals surface area (Å²) in [7, 11) is 0. The molecule has 3 heterocycles. The smallest absolute Gasteiger partial charge is 0.395 e. The maximum atomic E-state index is 12.9. The molecule has 2 aromatic rings. The van der Waals surface area contributed by atoms with Crippen LogP contribution < -0.4 is 14.8 Å². The second kappa shape index (κ2) is 7.31. The van der Waals surface area contributed by atoms with Crippen LogP contribution in [0.5, 0.6) is 11.6 Å². The highest BCUT2D eigenvalue weighted by Gasteiger charge is 2.41. The number of nitriles is 1. The van der Waals surface area contributed by atoms with Crippen LogP contribution >= 0.6 is 0 Å². The first kappa shape index (κ1) is 19.1. The largest absolute Gasteiger partial charge is 0.491 e. The molecule has 0 saturated carbocycles. The molecular weight excluding hydrogens is 389 g/mol. The van der Waals surface area contributed by atoms with Gasteiger partial charge >= 0.3 is 6.18 Å². The van der Waals surface area contributed by atoms with Gasteiger partial charge in [-0.3, -0.25) is 4.79 Å². The number of hydrogen-bond acceptors (Lipinski definition) is 5. The number of hydrogen-bond donors (Lipinski definition) is 1. The maximum Gasteiger partial charge on any atom is 0.395 e. The number of carbonyl (C=O) groups is 1. The summed E-state index contributed by atoms with van der Waals surface area (Å²) in [6, 6.07) is 8.20. The first-order valence-electron chi connectivity index (χ1n) is 9.07. The Kier molecular flexibility index (Phi) is 4.82. The van der Waals surface area contributed by atoms with Crippen LogP contribution in [0, 0.1) is 17.2 Å². The molecule has 0 fully saturated rings. The lowest BCUT2D eigenvalue weighted by Gasteiger charge is -2.26. The molecule has 29 heavy (non-hydrogen) atoms. The number of halogens is 3. The van der Waals surface area contributed by atoms with Gasteiger partial charge in [-0.1, -0.05) is 0 Å². The Balaban J connectivity index is 1.41. The first-order valence-corrected chi connectivity index (χ1v) is 9.07. The normalized spacial score (nSPS) is 20.9. The van der Waals surface area contributed by atoms with E-state index in [0.717, 1.165) is 5.56 Å². The Morgan fingerprint density at radius 1 is 1.28 bits per heavy atom. The molecule has 0 saturated heterocycles. The molecule has 2 atom stereocenters. The number of aromatic nitrogens is 2.